The summed E-state index contributed by atoms with van der Waals surface area (Å²) in [5.41, 5.74) is 0. The summed E-state index contributed by atoms with van der Waals surface area (Å²) in [4.78, 5) is 21.0. The van der Waals surface area contributed by atoms with Crippen molar-refractivity contribution in [2.75, 3.05) is 0 Å². The minimum Gasteiger partial charge on any atom is -0.395 e. The van der Waals surface area contributed by atoms with Gasteiger partial charge in [-0.1, -0.05) is 19.8 Å². The first-order valence-electron chi connectivity index (χ1n) is 4.38. The van der Waals surface area contributed by atoms with E-state index in [1.165, 1.54) is 6.42 Å². The fourth-order valence-corrected chi connectivity index (χ4v) is 1.79. The van der Waals surface area contributed by atoms with E-state index in [4.69, 9.17) is 0 Å². The fourth-order valence-electron chi connectivity index (χ4n) is 1.79. The van der Waals surface area contributed by atoms with Gasteiger partial charge in [0.1, 0.15) is 0 Å². The molecule has 3 nitrogen and oxygen atoms in total. The molecule has 3 heteroatoms. The third-order valence-electron chi connectivity index (χ3n) is 2.43. The van der Waals surface area contributed by atoms with Gasteiger partial charge in [0.2, 0.25) is 0 Å². The van der Waals surface area contributed by atoms with E-state index < -0.39 is 0 Å². The summed E-state index contributed by atoms with van der Waals surface area (Å²) in [7, 11) is 0. The van der Waals surface area contributed by atoms with Gasteiger partial charge < -0.3 is 4.74 Å². The van der Waals surface area contributed by atoms with Gasteiger partial charge in [-0.2, -0.15) is 0 Å². The van der Waals surface area contributed by atoms with Crippen molar-refractivity contribution in [2.45, 2.75) is 32.6 Å². The summed E-state index contributed by atoms with van der Waals surface area (Å²) in [6, 6.07) is 0. The second-order valence-corrected chi connectivity index (χ2v) is 3.50. The van der Waals surface area contributed by atoms with Gasteiger partial charge in [-0.25, -0.2) is 0 Å². The van der Waals surface area contributed by atoms with Crippen LogP contribution in [0.25, 0.3) is 0 Å². The van der Waals surface area contributed by atoms with E-state index in [1.807, 2.05) is 0 Å². The second-order valence-electron chi connectivity index (χ2n) is 3.50. The molecule has 0 radical (unpaired) electrons. The number of carbonyl (C=O) groups excluding carboxylic acids is 2. The quantitative estimate of drug-likeness (QED) is 0.358. The number of ether oxygens (including phenoxy) is 1. The minimum absolute atomic E-state index is 0.0426. The number of carbonyl (C=O) groups is 2. The lowest BCUT2D eigenvalue weighted by molar-refractivity contribution is -0.156. The Hall–Kier alpha value is -0.860. The lowest BCUT2D eigenvalue weighted by atomic mass is 9.82. The maximum absolute atomic E-state index is 11.1. The molecule has 68 valence electrons. The monoisotopic (exact) mass is 170 g/mol. The SMILES string of the molecule is CC1CCCC(C(=O)OC=O)C1. The van der Waals surface area contributed by atoms with E-state index >= 15 is 0 Å². The molecule has 1 fully saturated rings. The fraction of sp³-hybridized carbons (Fsp3) is 0.778. The molecule has 1 saturated carbocycles. The van der Waals surface area contributed by atoms with E-state index in [9.17, 15) is 9.59 Å². The van der Waals surface area contributed by atoms with Gasteiger partial charge >= 0.3 is 12.4 Å². The van der Waals surface area contributed by atoms with Crippen LogP contribution in [0.2, 0.25) is 0 Å². The molecular formula is C9H14O3. The number of hydrogen-bond acceptors (Lipinski definition) is 3. The number of hydrogen-bond donors (Lipinski definition) is 0. The van der Waals surface area contributed by atoms with Gasteiger partial charge in [-0.3, -0.25) is 9.59 Å². The van der Waals surface area contributed by atoms with Crippen molar-refractivity contribution in [1.29, 1.82) is 0 Å². The summed E-state index contributed by atoms with van der Waals surface area (Å²) in [6.07, 6.45) is 3.99. The lowest BCUT2D eigenvalue weighted by Crippen LogP contribution is -2.23. The Kier molecular flexibility index (Phi) is 3.26. The van der Waals surface area contributed by atoms with Crippen LogP contribution in [-0.2, 0) is 14.3 Å². The zero-order chi connectivity index (χ0) is 8.97. The molecular weight excluding hydrogens is 156 g/mol. The molecule has 0 aromatic heterocycles. The highest BCUT2D eigenvalue weighted by Crippen LogP contribution is 2.29. The molecule has 0 saturated heterocycles. The van der Waals surface area contributed by atoms with Gasteiger partial charge in [-0.05, 0) is 18.8 Å². The summed E-state index contributed by atoms with van der Waals surface area (Å²) < 4.78 is 4.31. The van der Waals surface area contributed by atoms with Crippen LogP contribution in [0.4, 0.5) is 0 Å². The highest BCUT2D eigenvalue weighted by Gasteiger charge is 2.25. The van der Waals surface area contributed by atoms with Crippen LogP contribution in [0, 0.1) is 11.8 Å². The number of esters is 1. The Balaban J connectivity index is 2.39. The van der Waals surface area contributed by atoms with Gasteiger partial charge in [0, 0.05) is 0 Å². The first-order chi connectivity index (χ1) is 5.74. The Morgan fingerprint density at radius 1 is 1.50 bits per heavy atom. The highest BCUT2D eigenvalue weighted by atomic mass is 16.6. The maximum atomic E-state index is 11.1. The van der Waals surface area contributed by atoms with Crippen LogP contribution in [0.15, 0.2) is 0 Å². The number of rotatable bonds is 2. The first-order valence-corrected chi connectivity index (χ1v) is 4.38. The normalized spacial score (nSPS) is 29.4. The largest absolute Gasteiger partial charge is 0.395 e. The first kappa shape index (κ1) is 9.23. The Bertz CT molecular complexity index is 177. The molecule has 0 amide bonds. The van der Waals surface area contributed by atoms with E-state index in [0.29, 0.717) is 5.92 Å². The predicted molar refractivity (Wildman–Crippen MR) is 43.3 cm³/mol. The van der Waals surface area contributed by atoms with Crippen molar-refractivity contribution in [3.05, 3.63) is 0 Å². The van der Waals surface area contributed by atoms with Gasteiger partial charge in [0.25, 0.3) is 0 Å². The molecule has 1 rings (SSSR count). The van der Waals surface area contributed by atoms with Crippen LogP contribution in [-0.4, -0.2) is 12.4 Å². The zero-order valence-corrected chi connectivity index (χ0v) is 7.29. The van der Waals surface area contributed by atoms with E-state index in [1.54, 1.807) is 0 Å². The summed E-state index contributed by atoms with van der Waals surface area (Å²) in [6.45, 7) is 2.35. The van der Waals surface area contributed by atoms with Crippen molar-refractivity contribution < 1.29 is 14.3 Å². The molecule has 0 aliphatic heterocycles. The summed E-state index contributed by atoms with van der Waals surface area (Å²) >= 11 is 0. The van der Waals surface area contributed by atoms with Gasteiger partial charge in [-0.15, -0.1) is 0 Å². The van der Waals surface area contributed by atoms with Crippen LogP contribution in [0.5, 0.6) is 0 Å². The molecule has 0 bridgehead atoms. The molecule has 2 atom stereocenters. The molecule has 12 heavy (non-hydrogen) atoms. The van der Waals surface area contributed by atoms with E-state index in [-0.39, 0.29) is 18.4 Å². The maximum Gasteiger partial charge on any atom is 0.316 e. The summed E-state index contributed by atoms with van der Waals surface area (Å²) in [5.74, 6) is 0.193. The van der Waals surface area contributed by atoms with Gasteiger partial charge in [0.15, 0.2) is 0 Å². The van der Waals surface area contributed by atoms with E-state index in [0.717, 1.165) is 19.3 Å². The molecule has 0 spiro atoms. The molecule has 2 unspecified atom stereocenters. The lowest BCUT2D eigenvalue weighted by Gasteiger charge is -2.23. The zero-order valence-electron chi connectivity index (χ0n) is 7.29. The molecule has 0 aromatic rings. The van der Waals surface area contributed by atoms with E-state index in [2.05, 4.69) is 11.7 Å². The molecule has 0 aromatic carbocycles. The topological polar surface area (TPSA) is 43.4 Å². The Morgan fingerprint density at radius 2 is 2.25 bits per heavy atom. The van der Waals surface area contributed by atoms with Crippen LogP contribution < -0.4 is 0 Å². The van der Waals surface area contributed by atoms with Crippen LogP contribution >= 0.6 is 0 Å². The minimum atomic E-state index is -0.350. The van der Waals surface area contributed by atoms with Crippen LogP contribution in [0.3, 0.4) is 0 Å². The smallest absolute Gasteiger partial charge is 0.316 e. The van der Waals surface area contributed by atoms with Crippen molar-refractivity contribution in [3.8, 4) is 0 Å². The standard InChI is InChI=1S/C9H14O3/c1-7-3-2-4-8(5-7)9(11)12-6-10/h6-8H,2-5H2,1H3. The van der Waals surface area contributed by atoms with Gasteiger partial charge in [0.05, 0.1) is 5.92 Å². The molecule has 0 N–H and O–H groups in total. The second kappa shape index (κ2) is 4.24. The summed E-state index contributed by atoms with van der Waals surface area (Å²) in [5, 5.41) is 0. The third-order valence-corrected chi connectivity index (χ3v) is 2.43. The Morgan fingerprint density at radius 3 is 2.83 bits per heavy atom. The Labute approximate surface area is 72.1 Å². The van der Waals surface area contributed by atoms with Crippen LogP contribution in [0.1, 0.15) is 32.6 Å². The average molecular weight is 170 g/mol. The van der Waals surface area contributed by atoms with Crippen molar-refractivity contribution in [2.24, 2.45) is 11.8 Å². The third kappa shape index (κ3) is 2.32. The van der Waals surface area contributed by atoms with Crippen molar-refractivity contribution >= 4 is 12.4 Å². The molecule has 1 aliphatic rings. The average Bonchev–Trinajstić information content (AvgIpc) is 2.05. The predicted octanol–water partition coefficient (Wildman–Crippen LogP) is 1.51. The van der Waals surface area contributed by atoms with Crippen molar-refractivity contribution in [3.63, 3.8) is 0 Å². The molecule has 1 aliphatic carbocycles. The van der Waals surface area contributed by atoms with Crippen molar-refractivity contribution in [1.82, 2.24) is 0 Å². The highest BCUT2D eigenvalue weighted by molar-refractivity contribution is 5.78. The molecule has 0 heterocycles.